The van der Waals surface area contributed by atoms with Gasteiger partial charge in [-0.25, -0.2) is 9.78 Å². The van der Waals surface area contributed by atoms with Gasteiger partial charge in [0, 0.05) is 5.02 Å². The average Bonchev–Trinajstić information content (AvgIpc) is 2.53. The molecule has 0 bridgehead atoms. The second-order valence-electron chi connectivity index (χ2n) is 4.46. The normalized spacial score (nSPS) is 12.3. The molecule has 0 spiro atoms. The Labute approximate surface area is 135 Å². The van der Waals surface area contributed by atoms with Crippen LogP contribution in [0.25, 0.3) is 11.0 Å². The third kappa shape index (κ3) is 2.75. The summed E-state index contributed by atoms with van der Waals surface area (Å²) in [5, 5.41) is -0.0537. The van der Waals surface area contributed by atoms with Crippen molar-refractivity contribution in [2.24, 2.45) is 0 Å². The molecule has 0 amide bonds. The highest BCUT2D eigenvalue weighted by Gasteiger charge is 2.19. The molecule has 0 aliphatic heterocycles. The highest BCUT2D eigenvalue weighted by atomic mass is 35.5. The standard InChI is InChI=1S/C14H10Cl2N4O2/c1-22-14-17-6-9-11(20-14)12(19-13(21)18-9)10(16)7-2-4-8(15)5-3-7/h2-6,10H,1H3,(H,18,19,21). The Morgan fingerprint density at radius 3 is 2.64 bits per heavy atom. The Morgan fingerprint density at radius 2 is 1.95 bits per heavy atom. The van der Waals surface area contributed by atoms with Gasteiger partial charge in [0.1, 0.15) is 10.9 Å². The third-order valence-corrected chi connectivity index (χ3v) is 3.77. The predicted octanol–water partition coefficient (Wildman–Crippen LogP) is 2.70. The fourth-order valence-electron chi connectivity index (χ4n) is 2.02. The van der Waals surface area contributed by atoms with Gasteiger partial charge in [-0.2, -0.15) is 9.97 Å². The molecule has 1 unspecified atom stereocenters. The van der Waals surface area contributed by atoms with Crippen molar-refractivity contribution < 1.29 is 4.74 Å². The van der Waals surface area contributed by atoms with Crippen LogP contribution in [0, 0.1) is 0 Å². The molecule has 112 valence electrons. The Hall–Kier alpha value is -2.18. The van der Waals surface area contributed by atoms with E-state index >= 15 is 0 Å². The van der Waals surface area contributed by atoms with Crippen molar-refractivity contribution in [2.75, 3.05) is 7.11 Å². The molecule has 1 aromatic carbocycles. The van der Waals surface area contributed by atoms with Crippen LogP contribution in [0.5, 0.6) is 6.01 Å². The molecule has 0 saturated heterocycles. The highest BCUT2D eigenvalue weighted by Crippen LogP contribution is 2.31. The van der Waals surface area contributed by atoms with Crippen LogP contribution in [0.3, 0.4) is 0 Å². The number of hydrogen-bond acceptors (Lipinski definition) is 5. The number of nitrogens with zero attached hydrogens (tertiary/aromatic N) is 3. The van der Waals surface area contributed by atoms with Crippen molar-refractivity contribution in [1.82, 2.24) is 19.9 Å². The molecule has 0 radical (unpaired) electrons. The lowest BCUT2D eigenvalue weighted by Gasteiger charge is -2.11. The van der Waals surface area contributed by atoms with Gasteiger partial charge in [0.05, 0.1) is 24.5 Å². The Kier molecular flexibility index (Phi) is 3.96. The summed E-state index contributed by atoms with van der Waals surface area (Å²) in [4.78, 5) is 26.4. The van der Waals surface area contributed by atoms with E-state index in [0.717, 1.165) is 5.56 Å². The van der Waals surface area contributed by atoms with Gasteiger partial charge in [-0.15, -0.1) is 11.6 Å². The van der Waals surface area contributed by atoms with Crippen LogP contribution in [0.4, 0.5) is 0 Å². The highest BCUT2D eigenvalue weighted by molar-refractivity contribution is 6.30. The van der Waals surface area contributed by atoms with Crippen LogP contribution in [-0.2, 0) is 0 Å². The summed E-state index contributed by atoms with van der Waals surface area (Å²) >= 11 is 12.3. The Balaban J connectivity index is 2.19. The molecule has 8 heteroatoms. The quantitative estimate of drug-likeness (QED) is 0.743. The van der Waals surface area contributed by atoms with Crippen molar-refractivity contribution in [2.45, 2.75) is 5.38 Å². The summed E-state index contributed by atoms with van der Waals surface area (Å²) in [7, 11) is 1.46. The Bertz CT molecular complexity index is 880. The first-order valence-corrected chi connectivity index (χ1v) is 7.10. The van der Waals surface area contributed by atoms with Crippen molar-refractivity contribution in [3.63, 3.8) is 0 Å². The van der Waals surface area contributed by atoms with Crippen LogP contribution in [0.1, 0.15) is 16.6 Å². The summed E-state index contributed by atoms with van der Waals surface area (Å²) in [6.45, 7) is 0. The molecule has 0 fully saturated rings. The lowest BCUT2D eigenvalue weighted by Crippen LogP contribution is -2.15. The van der Waals surface area contributed by atoms with Gasteiger partial charge in [-0.1, -0.05) is 23.7 Å². The van der Waals surface area contributed by atoms with Gasteiger partial charge < -0.3 is 9.72 Å². The molecule has 3 rings (SSSR count). The number of ether oxygens (including phenoxy) is 1. The molecule has 2 heterocycles. The monoisotopic (exact) mass is 336 g/mol. The first-order valence-electron chi connectivity index (χ1n) is 6.29. The molecule has 0 aliphatic rings. The summed E-state index contributed by atoms with van der Waals surface area (Å²) < 4.78 is 5.01. The molecule has 0 aliphatic carbocycles. The van der Waals surface area contributed by atoms with Gasteiger partial charge in [0.25, 0.3) is 0 Å². The minimum absolute atomic E-state index is 0.169. The van der Waals surface area contributed by atoms with Crippen LogP contribution >= 0.6 is 23.2 Å². The fraction of sp³-hybridized carbons (Fsp3) is 0.143. The van der Waals surface area contributed by atoms with Gasteiger partial charge in [0.15, 0.2) is 0 Å². The molecular formula is C14H10Cl2N4O2. The largest absolute Gasteiger partial charge is 0.467 e. The molecular weight excluding hydrogens is 327 g/mol. The summed E-state index contributed by atoms with van der Waals surface area (Å²) in [6, 6.07) is 7.15. The first-order chi connectivity index (χ1) is 10.6. The molecule has 1 atom stereocenters. The number of aromatic nitrogens is 4. The lowest BCUT2D eigenvalue weighted by atomic mass is 10.1. The van der Waals surface area contributed by atoms with Crippen LogP contribution < -0.4 is 10.4 Å². The van der Waals surface area contributed by atoms with Gasteiger partial charge in [0.2, 0.25) is 0 Å². The molecule has 1 N–H and O–H groups in total. The zero-order chi connectivity index (χ0) is 15.7. The molecule has 6 nitrogen and oxygen atoms in total. The van der Waals surface area contributed by atoms with E-state index in [0.29, 0.717) is 21.7 Å². The summed E-state index contributed by atoms with van der Waals surface area (Å²) in [5.74, 6) is 0. The van der Waals surface area contributed by atoms with Crippen LogP contribution in [-0.4, -0.2) is 27.0 Å². The summed E-state index contributed by atoms with van der Waals surface area (Å²) in [5.41, 5.74) is 1.44. The number of alkyl halides is 1. The van der Waals surface area contributed by atoms with Crippen LogP contribution in [0.15, 0.2) is 35.3 Å². The number of benzene rings is 1. The van der Waals surface area contributed by atoms with E-state index in [1.807, 2.05) is 0 Å². The van der Waals surface area contributed by atoms with E-state index < -0.39 is 11.1 Å². The van der Waals surface area contributed by atoms with E-state index in [-0.39, 0.29) is 6.01 Å². The fourth-order valence-corrected chi connectivity index (χ4v) is 2.45. The van der Waals surface area contributed by atoms with E-state index in [4.69, 9.17) is 27.9 Å². The topological polar surface area (TPSA) is 80.8 Å². The second kappa shape index (κ2) is 5.90. The maximum atomic E-state index is 11.7. The number of rotatable bonds is 3. The minimum Gasteiger partial charge on any atom is -0.467 e. The number of fused-ring (bicyclic) bond motifs is 1. The summed E-state index contributed by atoms with van der Waals surface area (Å²) in [6.07, 6.45) is 1.46. The number of aromatic amines is 1. The van der Waals surface area contributed by atoms with Crippen LogP contribution in [0.2, 0.25) is 5.02 Å². The van der Waals surface area contributed by atoms with Gasteiger partial charge >= 0.3 is 11.7 Å². The van der Waals surface area contributed by atoms with Gasteiger partial charge in [-0.05, 0) is 17.7 Å². The van der Waals surface area contributed by atoms with E-state index in [1.54, 1.807) is 24.3 Å². The SMILES string of the molecule is COc1ncc2[nH]c(=O)nc(C(Cl)c3ccc(Cl)cc3)c2n1. The molecule has 3 aromatic rings. The number of halogens is 2. The zero-order valence-electron chi connectivity index (χ0n) is 11.4. The number of nitrogens with one attached hydrogen (secondary N) is 1. The average molecular weight is 337 g/mol. The maximum Gasteiger partial charge on any atom is 0.345 e. The number of hydrogen-bond donors (Lipinski definition) is 1. The van der Waals surface area contributed by atoms with E-state index in [1.165, 1.54) is 13.3 Å². The number of methoxy groups -OCH3 is 1. The second-order valence-corrected chi connectivity index (χ2v) is 5.33. The predicted molar refractivity (Wildman–Crippen MR) is 83.7 cm³/mol. The number of H-pyrrole nitrogens is 1. The van der Waals surface area contributed by atoms with Gasteiger partial charge in [-0.3, -0.25) is 0 Å². The van der Waals surface area contributed by atoms with E-state index in [9.17, 15) is 4.79 Å². The zero-order valence-corrected chi connectivity index (χ0v) is 12.9. The van der Waals surface area contributed by atoms with Crippen molar-refractivity contribution >= 4 is 34.2 Å². The van der Waals surface area contributed by atoms with Crippen molar-refractivity contribution in [3.8, 4) is 6.01 Å². The lowest BCUT2D eigenvalue weighted by molar-refractivity contribution is 0.381. The maximum absolute atomic E-state index is 11.7. The smallest absolute Gasteiger partial charge is 0.345 e. The van der Waals surface area contributed by atoms with E-state index in [2.05, 4.69) is 19.9 Å². The molecule has 0 saturated carbocycles. The molecule has 2 aromatic heterocycles. The first kappa shape index (κ1) is 14.7. The van der Waals surface area contributed by atoms with Crippen molar-refractivity contribution in [3.05, 3.63) is 57.2 Å². The minimum atomic E-state index is -0.651. The molecule has 22 heavy (non-hydrogen) atoms. The van der Waals surface area contributed by atoms with Crippen molar-refractivity contribution in [1.29, 1.82) is 0 Å². The Morgan fingerprint density at radius 1 is 1.23 bits per heavy atom. The third-order valence-electron chi connectivity index (χ3n) is 3.06.